The number of halogens is 3. The van der Waals surface area contributed by atoms with Gasteiger partial charge in [0.05, 0.1) is 20.8 Å². The van der Waals surface area contributed by atoms with Crippen LogP contribution in [0, 0.1) is 6.92 Å². The number of pyridine rings is 1. The Kier molecular flexibility index (Phi) is 3.48. The molecule has 0 amide bonds. The smallest absolute Gasteiger partial charge is 0.185 e. The van der Waals surface area contributed by atoms with Crippen molar-refractivity contribution < 1.29 is 0 Å². The highest BCUT2D eigenvalue weighted by Crippen LogP contribution is 2.34. The van der Waals surface area contributed by atoms with Gasteiger partial charge in [-0.25, -0.2) is 0 Å². The summed E-state index contributed by atoms with van der Waals surface area (Å²) >= 11 is 17.8. The van der Waals surface area contributed by atoms with Gasteiger partial charge < -0.3 is 4.98 Å². The molecule has 1 N–H and O–H groups in total. The molecule has 2 rings (SSSR count). The Balaban J connectivity index is 2.69. The number of nitrogens with one attached hydrogen (secondary N) is 1. The first-order valence-electron chi connectivity index (χ1n) is 4.84. The van der Waals surface area contributed by atoms with E-state index >= 15 is 0 Å². The zero-order valence-electron chi connectivity index (χ0n) is 8.85. The average molecular weight is 289 g/mol. The van der Waals surface area contributed by atoms with Gasteiger partial charge in [0.15, 0.2) is 5.43 Å². The number of hydrogen-bond acceptors (Lipinski definition) is 1. The summed E-state index contributed by atoms with van der Waals surface area (Å²) in [5.74, 6) is 0. The normalized spacial score (nSPS) is 10.6. The first-order valence-corrected chi connectivity index (χ1v) is 5.97. The van der Waals surface area contributed by atoms with E-state index in [-0.39, 0.29) is 5.43 Å². The molecule has 0 spiro atoms. The van der Waals surface area contributed by atoms with Gasteiger partial charge in [0, 0.05) is 23.4 Å². The lowest BCUT2D eigenvalue weighted by atomic mass is 10.1. The molecule has 1 aromatic carbocycles. The van der Waals surface area contributed by atoms with Gasteiger partial charge >= 0.3 is 0 Å². The summed E-state index contributed by atoms with van der Waals surface area (Å²) in [6, 6.07) is 4.82. The van der Waals surface area contributed by atoms with Crippen LogP contribution in [0.1, 0.15) is 5.56 Å². The van der Waals surface area contributed by atoms with Crippen molar-refractivity contribution in [3.05, 3.63) is 55.3 Å². The Morgan fingerprint density at radius 2 is 1.71 bits per heavy atom. The summed E-state index contributed by atoms with van der Waals surface area (Å²) in [6.45, 7) is 1.74. The van der Waals surface area contributed by atoms with Crippen molar-refractivity contribution in [1.29, 1.82) is 0 Å². The maximum atomic E-state index is 11.5. The van der Waals surface area contributed by atoms with E-state index in [0.717, 1.165) is 5.56 Å². The summed E-state index contributed by atoms with van der Waals surface area (Å²) in [5.41, 5.74) is 2.00. The van der Waals surface area contributed by atoms with E-state index in [0.29, 0.717) is 26.3 Å². The highest BCUT2D eigenvalue weighted by molar-refractivity contribution is 6.48. The maximum Gasteiger partial charge on any atom is 0.185 e. The third-order valence-electron chi connectivity index (χ3n) is 2.48. The second-order valence-corrected chi connectivity index (χ2v) is 4.79. The van der Waals surface area contributed by atoms with Gasteiger partial charge in [0.2, 0.25) is 0 Å². The van der Waals surface area contributed by atoms with Crippen LogP contribution in [0.25, 0.3) is 11.3 Å². The molecule has 0 radical (unpaired) electrons. The molecule has 0 aliphatic carbocycles. The van der Waals surface area contributed by atoms with Crippen molar-refractivity contribution in [3.8, 4) is 11.3 Å². The van der Waals surface area contributed by atoms with Gasteiger partial charge in [0.1, 0.15) is 0 Å². The summed E-state index contributed by atoms with van der Waals surface area (Å²) in [5, 5.41) is 1.03. The number of hydrogen-bond donors (Lipinski definition) is 1. The van der Waals surface area contributed by atoms with E-state index in [9.17, 15) is 4.79 Å². The minimum atomic E-state index is -0.0408. The lowest BCUT2D eigenvalue weighted by Crippen LogP contribution is -2.05. The molecule has 1 heterocycles. The SMILES string of the molecule is Cc1c(-c2cc(Cl)c(Cl)c(Cl)c2)[nH]ccc1=O. The predicted molar refractivity (Wildman–Crippen MR) is 72.3 cm³/mol. The fourth-order valence-electron chi connectivity index (χ4n) is 1.56. The lowest BCUT2D eigenvalue weighted by Gasteiger charge is -2.08. The molecule has 2 aromatic rings. The number of rotatable bonds is 1. The fourth-order valence-corrected chi connectivity index (χ4v) is 2.15. The van der Waals surface area contributed by atoms with Gasteiger partial charge in [-0.15, -0.1) is 0 Å². The van der Waals surface area contributed by atoms with Crippen LogP contribution in [0.3, 0.4) is 0 Å². The van der Waals surface area contributed by atoms with Crippen LogP contribution < -0.4 is 5.43 Å². The Bertz CT molecular complexity index is 611. The molecule has 2 nitrogen and oxygen atoms in total. The lowest BCUT2D eigenvalue weighted by molar-refractivity contribution is 1.24. The summed E-state index contributed by atoms with van der Waals surface area (Å²) in [4.78, 5) is 14.5. The Labute approximate surface area is 113 Å². The second-order valence-electron chi connectivity index (χ2n) is 3.60. The summed E-state index contributed by atoms with van der Waals surface area (Å²) in [6.07, 6.45) is 1.58. The van der Waals surface area contributed by atoms with E-state index in [1.807, 2.05) is 0 Å². The van der Waals surface area contributed by atoms with Crippen LogP contribution in [0.2, 0.25) is 15.1 Å². The van der Waals surface area contributed by atoms with Crippen LogP contribution in [-0.2, 0) is 0 Å². The van der Waals surface area contributed by atoms with Gasteiger partial charge in [-0.3, -0.25) is 4.79 Å². The van der Waals surface area contributed by atoms with Crippen LogP contribution in [0.4, 0.5) is 0 Å². The number of H-pyrrole nitrogens is 1. The van der Waals surface area contributed by atoms with E-state index in [4.69, 9.17) is 34.8 Å². The van der Waals surface area contributed by atoms with Gasteiger partial charge in [-0.05, 0) is 19.1 Å². The van der Waals surface area contributed by atoms with E-state index < -0.39 is 0 Å². The van der Waals surface area contributed by atoms with E-state index in [1.54, 1.807) is 25.3 Å². The monoisotopic (exact) mass is 287 g/mol. The summed E-state index contributed by atoms with van der Waals surface area (Å²) in [7, 11) is 0. The minimum Gasteiger partial charge on any atom is -0.361 e. The molecule has 0 saturated heterocycles. The molecular formula is C12H8Cl3NO. The third kappa shape index (κ3) is 2.34. The Morgan fingerprint density at radius 1 is 1.12 bits per heavy atom. The maximum absolute atomic E-state index is 11.5. The van der Waals surface area contributed by atoms with Gasteiger partial charge in [-0.1, -0.05) is 34.8 Å². The molecule has 0 aliphatic heterocycles. The fraction of sp³-hybridized carbons (Fsp3) is 0.0833. The molecule has 0 fully saturated rings. The van der Waals surface area contributed by atoms with Crippen molar-refractivity contribution in [2.75, 3.05) is 0 Å². The van der Waals surface area contributed by atoms with Gasteiger partial charge in [0.25, 0.3) is 0 Å². The first kappa shape index (κ1) is 12.5. The van der Waals surface area contributed by atoms with E-state index in [1.165, 1.54) is 6.07 Å². The van der Waals surface area contributed by atoms with Crippen LogP contribution >= 0.6 is 34.8 Å². The molecule has 0 atom stereocenters. The van der Waals surface area contributed by atoms with Gasteiger partial charge in [-0.2, -0.15) is 0 Å². The first-order chi connectivity index (χ1) is 8.00. The van der Waals surface area contributed by atoms with Crippen molar-refractivity contribution in [2.24, 2.45) is 0 Å². The molecule has 0 unspecified atom stereocenters. The molecule has 17 heavy (non-hydrogen) atoms. The number of aromatic nitrogens is 1. The molecule has 88 valence electrons. The van der Waals surface area contributed by atoms with Crippen molar-refractivity contribution in [1.82, 2.24) is 4.98 Å². The standard InChI is InChI=1S/C12H8Cl3NO/c1-6-10(17)2-3-16-12(6)7-4-8(13)11(15)9(14)5-7/h2-5H,1H3,(H,16,17). The van der Waals surface area contributed by atoms with Crippen LogP contribution in [0.15, 0.2) is 29.2 Å². The van der Waals surface area contributed by atoms with Crippen LogP contribution in [-0.4, -0.2) is 4.98 Å². The largest absolute Gasteiger partial charge is 0.361 e. The molecule has 0 aliphatic rings. The molecular weight excluding hydrogens is 280 g/mol. The Morgan fingerprint density at radius 3 is 2.29 bits per heavy atom. The molecule has 5 heteroatoms. The molecule has 0 bridgehead atoms. The number of benzene rings is 1. The van der Waals surface area contributed by atoms with Crippen LogP contribution in [0.5, 0.6) is 0 Å². The zero-order chi connectivity index (χ0) is 12.6. The highest BCUT2D eigenvalue weighted by Gasteiger charge is 2.10. The topological polar surface area (TPSA) is 32.9 Å². The van der Waals surface area contributed by atoms with Crippen molar-refractivity contribution in [2.45, 2.75) is 6.92 Å². The minimum absolute atomic E-state index is 0.0408. The average Bonchev–Trinajstić information content (AvgIpc) is 2.29. The summed E-state index contributed by atoms with van der Waals surface area (Å²) < 4.78 is 0. The number of aromatic amines is 1. The van der Waals surface area contributed by atoms with Crippen molar-refractivity contribution >= 4 is 34.8 Å². The van der Waals surface area contributed by atoms with Crippen molar-refractivity contribution in [3.63, 3.8) is 0 Å². The highest BCUT2D eigenvalue weighted by atomic mass is 35.5. The molecule has 1 aromatic heterocycles. The third-order valence-corrected chi connectivity index (χ3v) is 3.68. The quantitative estimate of drug-likeness (QED) is 0.779. The Hall–Kier alpha value is -0.960. The second kappa shape index (κ2) is 4.73. The molecule has 0 saturated carbocycles. The predicted octanol–water partition coefficient (Wildman–Crippen LogP) is 4.31. The van der Waals surface area contributed by atoms with E-state index in [2.05, 4.69) is 4.98 Å². The zero-order valence-corrected chi connectivity index (χ0v) is 11.1.